The van der Waals surface area contributed by atoms with Crippen LogP contribution in [-0.4, -0.2) is 32.0 Å². The molecule has 0 atom stereocenters. The van der Waals surface area contributed by atoms with Crippen LogP contribution in [0.2, 0.25) is 0 Å². The first-order valence-corrected chi connectivity index (χ1v) is 12.7. The van der Waals surface area contributed by atoms with Gasteiger partial charge < -0.3 is 28.3 Å². The van der Waals surface area contributed by atoms with E-state index in [1.807, 2.05) is 55.5 Å². The summed E-state index contributed by atoms with van der Waals surface area (Å²) < 4.78 is 30.7. The van der Waals surface area contributed by atoms with Crippen molar-refractivity contribution >= 4 is 10.9 Å². The van der Waals surface area contributed by atoms with E-state index in [1.165, 1.54) is 16.5 Å². The van der Waals surface area contributed by atoms with Crippen LogP contribution in [0.3, 0.4) is 0 Å². The van der Waals surface area contributed by atoms with Gasteiger partial charge in [0.2, 0.25) is 0 Å². The molecule has 0 bridgehead atoms. The molecular formula is C32H35NO5. The molecule has 0 fully saturated rings. The fraction of sp³-hybridized carbons (Fsp3) is 0.312. The zero-order chi connectivity index (χ0) is 26.9. The van der Waals surface area contributed by atoms with Crippen molar-refractivity contribution < 1.29 is 23.7 Å². The van der Waals surface area contributed by atoms with Crippen LogP contribution in [0.15, 0.2) is 60.7 Å². The van der Waals surface area contributed by atoms with Crippen LogP contribution in [-0.2, 0) is 24.5 Å². The van der Waals surface area contributed by atoms with Crippen molar-refractivity contribution in [2.75, 3.05) is 27.4 Å². The number of fused-ring (bicyclic) bond motifs is 1. The molecular weight excluding hydrogens is 478 g/mol. The Morgan fingerprint density at radius 1 is 0.737 bits per heavy atom. The second-order valence-corrected chi connectivity index (χ2v) is 8.91. The van der Waals surface area contributed by atoms with Gasteiger partial charge in [0.1, 0.15) is 36.2 Å². The monoisotopic (exact) mass is 513 g/mol. The van der Waals surface area contributed by atoms with E-state index in [-0.39, 0.29) is 0 Å². The van der Waals surface area contributed by atoms with E-state index in [4.69, 9.17) is 23.7 Å². The highest BCUT2D eigenvalue weighted by Crippen LogP contribution is 2.32. The summed E-state index contributed by atoms with van der Waals surface area (Å²) >= 11 is 0. The van der Waals surface area contributed by atoms with Gasteiger partial charge in [0.15, 0.2) is 0 Å². The quantitative estimate of drug-likeness (QED) is 0.215. The second-order valence-electron chi connectivity index (χ2n) is 8.91. The summed E-state index contributed by atoms with van der Waals surface area (Å²) in [6, 6.07) is 19.5. The van der Waals surface area contributed by atoms with E-state index in [2.05, 4.69) is 42.4 Å². The summed E-state index contributed by atoms with van der Waals surface area (Å²) in [5.41, 5.74) is 5.77. The molecule has 0 radical (unpaired) electrons. The molecule has 4 rings (SSSR count). The number of methoxy groups -OCH3 is 2. The third kappa shape index (κ3) is 6.42. The number of hydrogen-bond acceptors (Lipinski definition) is 5. The maximum atomic E-state index is 6.24. The number of hydrogen-bond donors (Lipinski definition) is 0. The van der Waals surface area contributed by atoms with Crippen LogP contribution in [0.5, 0.6) is 23.0 Å². The lowest BCUT2D eigenvalue weighted by molar-refractivity contribution is 0.133. The van der Waals surface area contributed by atoms with E-state index < -0.39 is 0 Å². The average Bonchev–Trinajstić information content (AvgIpc) is 3.23. The van der Waals surface area contributed by atoms with E-state index in [0.717, 1.165) is 39.8 Å². The summed E-state index contributed by atoms with van der Waals surface area (Å²) in [6.07, 6.45) is 0. The third-order valence-corrected chi connectivity index (χ3v) is 6.33. The lowest BCUT2D eigenvalue weighted by Crippen LogP contribution is -2.09. The molecule has 0 saturated heterocycles. The normalized spacial score (nSPS) is 10.7. The summed E-state index contributed by atoms with van der Waals surface area (Å²) in [5.74, 6) is 9.58. The Hall–Kier alpha value is -4.08. The molecule has 6 nitrogen and oxygen atoms in total. The molecule has 0 aliphatic heterocycles. The van der Waals surface area contributed by atoms with Crippen molar-refractivity contribution in [1.82, 2.24) is 4.57 Å². The molecule has 6 heteroatoms. The Kier molecular flexibility index (Phi) is 9.18. The highest BCUT2D eigenvalue weighted by atomic mass is 16.5. The van der Waals surface area contributed by atoms with E-state index >= 15 is 0 Å². The van der Waals surface area contributed by atoms with Crippen LogP contribution >= 0.6 is 0 Å². The van der Waals surface area contributed by atoms with Gasteiger partial charge in [0, 0.05) is 17.6 Å². The number of aromatic nitrogens is 1. The van der Waals surface area contributed by atoms with Crippen molar-refractivity contribution in [1.29, 1.82) is 0 Å². The highest BCUT2D eigenvalue weighted by molar-refractivity contribution is 5.89. The van der Waals surface area contributed by atoms with Gasteiger partial charge in [-0.25, -0.2) is 0 Å². The van der Waals surface area contributed by atoms with Crippen LogP contribution in [0.25, 0.3) is 10.9 Å². The van der Waals surface area contributed by atoms with Gasteiger partial charge >= 0.3 is 0 Å². The van der Waals surface area contributed by atoms with Gasteiger partial charge in [-0.05, 0) is 80.9 Å². The summed E-state index contributed by atoms with van der Waals surface area (Å²) in [6.45, 7) is 8.63. The van der Waals surface area contributed by atoms with E-state index in [0.29, 0.717) is 33.0 Å². The van der Waals surface area contributed by atoms with Gasteiger partial charge in [-0.2, -0.15) is 0 Å². The minimum Gasteiger partial charge on any atom is -0.497 e. The number of rotatable bonds is 11. The van der Waals surface area contributed by atoms with Crippen molar-refractivity contribution in [3.05, 3.63) is 83.0 Å². The molecule has 0 unspecified atom stereocenters. The van der Waals surface area contributed by atoms with Crippen molar-refractivity contribution in [2.45, 2.75) is 40.5 Å². The topological polar surface area (TPSA) is 51.1 Å². The van der Waals surface area contributed by atoms with Crippen molar-refractivity contribution in [2.24, 2.45) is 0 Å². The molecule has 0 spiro atoms. The van der Waals surface area contributed by atoms with E-state index in [1.54, 1.807) is 14.2 Å². The lowest BCUT2D eigenvalue weighted by Gasteiger charge is -2.13. The molecule has 0 N–H and O–H groups in total. The van der Waals surface area contributed by atoms with Crippen LogP contribution < -0.4 is 18.9 Å². The lowest BCUT2D eigenvalue weighted by atomic mass is 10.1. The highest BCUT2D eigenvalue weighted by Gasteiger charge is 2.19. The largest absolute Gasteiger partial charge is 0.497 e. The van der Waals surface area contributed by atoms with Gasteiger partial charge in [-0.1, -0.05) is 23.5 Å². The first kappa shape index (κ1) is 27.0. The summed E-state index contributed by atoms with van der Waals surface area (Å²) in [4.78, 5) is 0. The predicted molar refractivity (Wildman–Crippen MR) is 150 cm³/mol. The summed E-state index contributed by atoms with van der Waals surface area (Å²) in [5, 5.41) is 1.18. The maximum absolute atomic E-state index is 6.24. The second kappa shape index (κ2) is 12.9. The zero-order valence-corrected chi connectivity index (χ0v) is 22.8. The minimum absolute atomic E-state index is 0.299. The fourth-order valence-corrected chi connectivity index (χ4v) is 4.51. The number of nitrogens with zero attached hydrogens (tertiary/aromatic N) is 1. The molecule has 1 heterocycles. The number of ether oxygens (including phenoxy) is 5. The average molecular weight is 514 g/mol. The Bertz CT molecular complexity index is 1410. The van der Waals surface area contributed by atoms with Gasteiger partial charge in [-0.15, -0.1) is 0 Å². The smallest absolute Gasteiger partial charge is 0.149 e. The molecule has 38 heavy (non-hydrogen) atoms. The first-order valence-electron chi connectivity index (χ1n) is 12.7. The first-order chi connectivity index (χ1) is 18.5. The summed E-state index contributed by atoms with van der Waals surface area (Å²) in [7, 11) is 3.30. The molecule has 4 aromatic rings. The Labute approximate surface area is 225 Å². The van der Waals surface area contributed by atoms with Crippen molar-refractivity contribution in [3.8, 4) is 34.8 Å². The molecule has 198 valence electrons. The predicted octanol–water partition coefficient (Wildman–Crippen LogP) is 6.47. The van der Waals surface area contributed by atoms with Crippen LogP contribution in [0, 0.1) is 25.7 Å². The van der Waals surface area contributed by atoms with E-state index in [9.17, 15) is 0 Å². The van der Waals surface area contributed by atoms with Crippen molar-refractivity contribution in [3.63, 3.8) is 0 Å². The number of aryl methyl sites for hydroxylation is 2. The Morgan fingerprint density at radius 3 is 1.95 bits per heavy atom. The molecule has 0 amide bonds. The molecule has 0 aliphatic rings. The standard InChI is InChI=1S/C32H35NO5/c1-6-36-21-30-29-20-23(2)19-24(3)32(29)33(31(30)22-38-28-15-11-26(35-5)12-16-28)17-7-8-18-37-27-13-9-25(34-4)10-14-27/h9-16,19-20H,6,17-18,21-22H2,1-5H3. The van der Waals surface area contributed by atoms with Crippen LogP contribution in [0.4, 0.5) is 0 Å². The minimum atomic E-state index is 0.299. The molecule has 3 aromatic carbocycles. The fourth-order valence-electron chi connectivity index (χ4n) is 4.51. The maximum Gasteiger partial charge on any atom is 0.149 e. The third-order valence-electron chi connectivity index (χ3n) is 6.33. The molecule has 0 saturated carbocycles. The Balaban J connectivity index is 1.62. The van der Waals surface area contributed by atoms with Gasteiger partial charge in [-0.3, -0.25) is 0 Å². The molecule has 0 aliphatic carbocycles. The molecule has 1 aromatic heterocycles. The van der Waals surface area contributed by atoms with Gasteiger partial charge in [0.25, 0.3) is 0 Å². The van der Waals surface area contributed by atoms with Gasteiger partial charge in [0.05, 0.1) is 38.6 Å². The number of benzene rings is 3. The van der Waals surface area contributed by atoms with Crippen LogP contribution in [0.1, 0.15) is 29.3 Å². The Morgan fingerprint density at radius 2 is 1.34 bits per heavy atom. The SMILES string of the molecule is CCOCc1c(COc2ccc(OC)cc2)n(CC#CCOc2ccc(OC)cc2)c2c(C)cc(C)cc12. The zero-order valence-electron chi connectivity index (χ0n) is 22.8.